The van der Waals surface area contributed by atoms with Crippen LogP contribution in [0.3, 0.4) is 0 Å². The zero-order valence-electron chi connectivity index (χ0n) is 11.0. The van der Waals surface area contributed by atoms with E-state index in [2.05, 4.69) is 4.74 Å². The normalized spacial score (nSPS) is 10.4. The summed E-state index contributed by atoms with van der Waals surface area (Å²) in [4.78, 5) is 22.4. The average Bonchev–Trinajstić information content (AvgIpc) is 2.37. The Labute approximate surface area is 144 Å². The molecule has 0 radical (unpaired) electrons. The number of hydrogen-bond acceptors (Lipinski definition) is 6. The van der Waals surface area contributed by atoms with Crippen LogP contribution < -0.4 is 0 Å². The van der Waals surface area contributed by atoms with Crippen molar-refractivity contribution in [3.05, 3.63) is 29.3 Å². The minimum absolute atomic E-state index is 0. The summed E-state index contributed by atoms with van der Waals surface area (Å²) in [6.07, 6.45) is 0. The number of benzene rings is 1. The molecule has 0 unspecified atom stereocenters. The van der Waals surface area contributed by atoms with Gasteiger partial charge in [-0.05, 0) is 32.0 Å². The Kier molecular flexibility index (Phi) is 8.12. The maximum absolute atomic E-state index is 11.6. The Morgan fingerprint density at radius 2 is 1.62 bits per heavy atom. The average molecular weight is 326 g/mol. The van der Waals surface area contributed by atoms with Crippen molar-refractivity contribution in [1.29, 1.82) is 0 Å². The third-order valence-corrected chi connectivity index (χ3v) is 3.16. The van der Waals surface area contributed by atoms with Gasteiger partial charge in [0.2, 0.25) is 0 Å². The van der Waals surface area contributed by atoms with Gasteiger partial charge in [-0.3, -0.25) is 4.55 Å². The summed E-state index contributed by atoms with van der Waals surface area (Å²) >= 11 is 0. The van der Waals surface area contributed by atoms with E-state index in [1.807, 2.05) is 0 Å². The summed E-state index contributed by atoms with van der Waals surface area (Å²) in [5, 5.41) is 0. The Morgan fingerprint density at radius 1 is 1.10 bits per heavy atom. The zero-order valence-corrected chi connectivity index (χ0v) is 11.8. The second kappa shape index (κ2) is 8.50. The summed E-state index contributed by atoms with van der Waals surface area (Å²) < 4.78 is 41.1. The monoisotopic (exact) mass is 326 g/mol. The number of hydrogen-bond donors (Lipinski definition) is 1. The standard InChI is InChI=1S/C12H14O7S.Na.H/c1-3-18-11(13)8-5-6-9(12(14)19-4-2)10(7-8)20(15,16)17;;/h5-7H,3-4H2,1-2H3,(H,15,16,17);;. The Morgan fingerprint density at radius 3 is 2.10 bits per heavy atom. The third-order valence-electron chi connectivity index (χ3n) is 2.27. The summed E-state index contributed by atoms with van der Waals surface area (Å²) in [6.45, 7) is 3.30. The van der Waals surface area contributed by atoms with E-state index in [0.717, 1.165) is 12.1 Å². The molecule has 7 nitrogen and oxygen atoms in total. The molecule has 0 aliphatic carbocycles. The second-order valence-electron chi connectivity index (χ2n) is 3.63. The number of carbonyl (C=O) groups is 2. The molecule has 1 N–H and O–H groups in total. The first-order valence-corrected chi connectivity index (χ1v) is 7.21. The van der Waals surface area contributed by atoms with Gasteiger partial charge in [-0.1, -0.05) is 0 Å². The Bertz CT molecular complexity index is 624. The van der Waals surface area contributed by atoms with Crippen LogP contribution in [-0.4, -0.2) is 67.7 Å². The van der Waals surface area contributed by atoms with Crippen molar-refractivity contribution in [3.8, 4) is 0 Å². The predicted molar refractivity (Wildman–Crippen MR) is 75.3 cm³/mol. The molecule has 112 valence electrons. The van der Waals surface area contributed by atoms with Crippen LogP contribution in [0.2, 0.25) is 0 Å². The van der Waals surface area contributed by atoms with E-state index in [9.17, 15) is 18.0 Å². The fourth-order valence-corrected chi connectivity index (χ4v) is 2.16. The topological polar surface area (TPSA) is 107 Å². The third kappa shape index (κ3) is 5.40. The molecule has 0 aliphatic heterocycles. The number of rotatable bonds is 5. The Hall–Kier alpha value is -0.930. The van der Waals surface area contributed by atoms with E-state index in [0.29, 0.717) is 0 Å². The first-order chi connectivity index (χ1) is 9.31. The van der Waals surface area contributed by atoms with E-state index in [1.54, 1.807) is 13.8 Å². The van der Waals surface area contributed by atoms with Gasteiger partial charge in [-0.25, -0.2) is 9.59 Å². The van der Waals surface area contributed by atoms with Crippen LogP contribution in [-0.2, 0) is 19.6 Å². The van der Waals surface area contributed by atoms with Crippen molar-refractivity contribution in [3.63, 3.8) is 0 Å². The molecule has 0 saturated heterocycles. The molecule has 1 aromatic carbocycles. The molecule has 0 heterocycles. The molecule has 9 heteroatoms. The fourth-order valence-electron chi connectivity index (χ4n) is 1.45. The molecule has 0 amide bonds. The molecule has 0 aliphatic rings. The first-order valence-electron chi connectivity index (χ1n) is 5.77. The fraction of sp³-hybridized carbons (Fsp3) is 0.333. The van der Waals surface area contributed by atoms with E-state index in [1.165, 1.54) is 6.07 Å². The quantitative estimate of drug-likeness (QED) is 0.480. The van der Waals surface area contributed by atoms with Crippen LogP contribution in [0.25, 0.3) is 0 Å². The SMILES string of the molecule is CCOC(=O)c1ccc(C(=O)OCC)c(S(=O)(=O)O)c1.[NaH]. The second-order valence-corrected chi connectivity index (χ2v) is 5.02. The molecule has 1 rings (SSSR count). The van der Waals surface area contributed by atoms with Crippen LogP contribution in [0, 0.1) is 0 Å². The van der Waals surface area contributed by atoms with Gasteiger partial charge in [0, 0.05) is 0 Å². The number of ether oxygens (including phenoxy) is 2. The number of esters is 2. The van der Waals surface area contributed by atoms with Gasteiger partial charge in [0.25, 0.3) is 10.1 Å². The zero-order chi connectivity index (χ0) is 15.3. The first kappa shape index (κ1) is 20.1. The van der Waals surface area contributed by atoms with Gasteiger partial charge >= 0.3 is 41.5 Å². The van der Waals surface area contributed by atoms with E-state index in [-0.39, 0.29) is 53.9 Å². The minimum atomic E-state index is -4.68. The molecular weight excluding hydrogens is 311 g/mol. The molecule has 0 atom stereocenters. The summed E-state index contributed by atoms with van der Waals surface area (Å²) in [7, 11) is -4.68. The maximum atomic E-state index is 11.6. The van der Waals surface area contributed by atoms with E-state index >= 15 is 0 Å². The molecule has 1 aromatic rings. The van der Waals surface area contributed by atoms with Crippen LogP contribution in [0.5, 0.6) is 0 Å². The summed E-state index contributed by atoms with van der Waals surface area (Å²) in [5.41, 5.74) is -0.435. The van der Waals surface area contributed by atoms with Gasteiger partial charge in [0.1, 0.15) is 4.90 Å². The van der Waals surface area contributed by atoms with Crippen molar-refractivity contribution >= 4 is 51.6 Å². The van der Waals surface area contributed by atoms with Gasteiger partial charge in [0.05, 0.1) is 24.3 Å². The molecule has 0 aromatic heterocycles. The van der Waals surface area contributed by atoms with Gasteiger partial charge < -0.3 is 9.47 Å². The number of carbonyl (C=O) groups excluding carboxylic acids is 2. The van der Waals surface area contributed by atoms with Gasteiger partial charge in [-0.15, -0.1) is 0 Å². The molecular formula is C12H15NaO7S. The molecule has 0 bridgehead atoms. The van der Waals surface area contributed by atoms with Crippen molar-refractivity contribution in [2.45, 2.75) is 18.7 Å². The van der Waals surface area contributed by atoms with Crippen molar-refractivity contribution in [2.75, 3.05) is 13.2 Å². The summed E-state index contributed by atoms with van der Waals surface area (Å²) in [6, 6.07) is 3.19. The van der Waals surface area contributed by atoms with Gasteiger partial charge in [-0.2, -0.15) is 8.42 Å². The van der Waals surface area contributed by atoms with Crippen LogP contribution >= 0.6 is 0 Å². The molecule has 0 fully saturated rings. The van der Waals surface area contributed by atoms with E-state index < -0.39 is 27.0 Å². The van der Waals surface area contributed by atoms with E-state index in [4.69, 9.17) is 9.29 Å². The summed E-state index contributed by atoms with van der Waals surface area (Å²) in [5.74, 6) is -1.66. The molecule has 0 spiro atoms. The predicted octanol–water partition coefficient (Wildman–Crippen LogP) is 0.638. The molecule has 0 saturated carbocycles. The van der Waals surface area contributed by atoms with Crippen molar-refractivity contribution in [2.24, 2.45) is 0 Å². The van der Waals surface area contributed by atoms with Crippen LogP contribution in [0.1, 0.15) is 34.6 Å². The van der Waals surface area contributed by atoms with Crippen LogP contribution in [0.15, 0.2) is 23.1 Å². The molecule has 21 heavy (non-hydrogen) atoms. The van der Waals surface area contributed by atoms with Crippen molar-refractivity contribution < 1.29 is 32.0 Å². The van der Waals surface area contributed by atoms with Crippen LogP contribution in [0.4, 0.5) is 0 Å². The van der Waals surface area contributed by atoms with Crippen molar-refractivity contribution in [1.82, 2.24) is 0 Å². The van der Waals surface area contributed by atoms with Gasteiger partial charge in [0.15, 0.2) is 0 Å². The Balaban J connectivity index is 0.00000400.